The summed E-state index contributed by atoms with van der Waals surface area (Å²) < 4.78 is 11.1. The molecule has 0 saturated heterocycles. The number of fused-ring (bicyclic) bond motifs is 1. The number of nitrogens with one attached hydrogen (secondary N) is 2. The van der Waals surface area contributed by atoms with Crippen LogP contribution in [0.2, 0.25) is 0 Å². The Kier molecular flexibility index (Phi) is 4.31. The van der Waals surface area contributed by atoms with Gasteiger partial charge in [-0.05, 0) is 57.2 Å². The van der Waals surface area contributed by atoms with Gasteiger partial charge in [0.15, 0.2) is 0 Å². The van der Waals surface area contributed by atoms with Gasteiger partial charge in [0, 0.05) is 0 Å². The van der Waals surface area contributed by atoms with E-state index in [1.54, 1.807) is 0 Å². The molecule has 0 radical (unpaired) electrons. The second-order valence-corrected chi connectivity index (χ2v) is 7.13. The lowest BCUT2D eigenvalue weighted by Crippen LogP contribution is -2.50. The van der Waals surface area contributed by atoms with E-state index in [1.807, 2.05) is 39.0 Å². The first-order valence-electron chi connectivity index (χ1n) is 8.01. The van der Waals surface area contributed by atoms with Crippen LogP contribution in [-0.4, -0.2) is 35.7 Å². The van der Waals surface area contributed by atoms with Gasteiger partial charge >= 0.3 is 0 Å². The van der Waals surface area contributed by atoms with Crippen molar-refractivity contribution >= 4 is 11.6 Å². The maximum Gasteiger partial charge on any atom is 0.245 e. The molecule has 6 heteroatoms. The smallest absolute Gasteiger partial charge is 0.245 e. The van der Waals surface area contributed by atoms with Gasteiger partial charge in [0.05, 0.1) is 11.3 Å². The Balaban J connectivity index is 1.66. The van der Waals surface area contributed by atoms with Gasteiger partial charge in [-0.2, -0.15) is 0 Å². The maximum atomic E-state index is 12.3. The van der Waals surface area contributed by atoms with Crippen molar-refractivity contribution in [1.29, 1.82) is 0 Å². The van der Waals surface area contributed by atoms with E-state index < -0.39 is 18.1 Å². The summed E-state index contributed by atoms with van der Waals surface area (Å²) in [7, 11) is 0. The molecule has 1 aromatic rings. The van der Waals surface area contributed by atoms with E-state index >= 15 is 0 Å². The molecule has 2 aliphatic rings. The number of aliphatic hydroxyl groups is 1. The lowest BCUT2D eigenvalue weighted by Gasteiger charge is -2.26. The summed E-state index contributed by atoms with van der Waals surface area (Å²) >= 11 is 0. The Morgan fingerprint density at radius 3 is 2.78 bits per heavy atom. The fourth-order valence-electron chi connectivity index (χ4n) is 2.57. The minimum Gasteiger partial charge on any atom is -0.489 e. The molecule has 0 bridgehead atoms. The van der Waals surface area contributed by atoms with E-state index in [9.17, 15) is 9.90 Å². The summed E-state index contributed by atoms with van der Waals surface area (Å²) in [6.45, 7) is 5.63. The van der Waals surface area contributed by atoms with Crippen molar-refractivity contribution in [2.45, 2.75) is 57.6 Å². The molecular formula is C17H24N2O4. The monoisotopic (exact) mass is 320 g/mol. The minimum absolute atomic E-state index is 0.136. The van der Waals surface area contributed by atoms with Crippen LogP contribution in [0.15, 0.2) is 18.2 Å². The van der Waals surface area contributed by atoms with Gasteiger partial charge in [-0.25, -0.2) is 0 Å². The number of aliphatic hydroxyl groups excluding tert-OH is 1. The molecule has 3 N–H and O–H groups in total. The van der Waals surface area contributed by atoms with Crippen molar-refractivity contribution in [3.8, 4) is 5.75 Å². The van der Waals surface area contributed by atoms with E-state index in [1.165, 1.54) is 18.4 Å². The predicted octanol–water partition coefficient (Wildman–Crippen LogP) is 1.94. The highest BCUT2D eigenvalue weighted by molar-refractivity contribution is 5.97. The molecule has 2 atom stereocenters. The standard InChI is InChI=1S/C17H24N2O4/c1-17(2,3)23-16(21)19-13-9-22-14-8-11(10-4-5-10)6-7-12(14)18-15(13)20/h6-8,10,13,16,19,21H,4-5,9H2,1-3H3,(H,18,20)/t13-,16?/m0/s1. The van der Waals surface area contributed by atoms with Gasteiger partial charge in [0.25, 0.3) is 0 Å². The van der Waals surface area contributed by atoms with Crippen molar-refractivity contribution in [3.05, 3.63) is 23.8 Å². The molecule has 1 unspecified atom stereocenters. The van der Waals surface area contributed by atoms with E-state index in [4.69, 9.17) is 9.47 Å². The SMILES string of the molecule is CC(C)(C)OC(O)N[C@H]1COc2cc(C3CC3)ccc2NC1=O. The first kappa shape index (κ1) is 16.2. The number of rotatable bonds is 4. The average Bonchev–Trinajstić information content (AvgIpc) is 3.26. The van der Waals surface area contributed by atoms with Crippen LogP contribution in [0.4, 0.5) is 5.69 Å². The van der Waals surface area contributed by atoms with Crippen molar-refractivity contribution in [3.63, 3.8) is 0 Å². The van der Waals surface area contributed by atoms with Crippen LogP contribution in [0.3, 0.4) is 0 Å². The normalized spacial score (nSPS) is 22.6. The number of benzene rings is 1. The Morgan fingerprint density at radius 2 is 2.13 bits per heavy atom. The van der Waals surface area contributed by atoms with Crippen LogP contribution in [-0.2, 0) is 9.53 Å². The molecular weight excluding hydrogens is 296 g/mol. The van der Waals surface area contributed by atoms with Gasteiger partial charge in [0.2, 0.25) is 12.3 Å². The lowest BCUT2D eigenvalue weighted by molar-refractivity contribution is -0.187. The van der Waals surface area contributed by atoms with E-state index in [2.05, 4.69) is 10.6 Å². The molecule has 23 heavy (non-hydrogen) atoms. The second kappa shape index (κ2) is 6.11. The zero-order chi connectivity index (χ0) is 16.6. The maximum absolute atomic E-state index is 12.3. The number of hydrogen-bond acceptors (Lipinski definition) is 5. The molecule has 1 aliphatic carbocycles. The number of anilines is 1. The Hall–Kier alpha value is -1.63. The first-order chi connectivity index (χ1) is 10.8. The van der Waals surface area contributed by atoms with Gasteiger partial charge in [-0.15, -0.1) is 0 Å². The number of hydrogen-bond donors (Lipinski definition) is 3. The van der Waals surface area contributed by atoms with Crippen molar-refractivity contribution in [1.82, 2.24) is 5.32 Å². The van der Waals surface area contributed by atoms with Crippen LogP contribution in [0, 0.1) is 0 Å². The van der Waals surface area contributed by atoms with Crippen LogP contribution >= 0.6 is 0 Å². The number of carbonyl (C=O) groups is 1. The molecule has 1 amide bonds. The Bertz CT molecular complexity index is 593. The van der Waals surface area contributed by atoms with Gasteiger partial charge in [0.1, 0.15) is 18.4 Å². The molecule has 1 aromatic carbocycles. The Labute approximate surface area is 136 Å². The highest BCUT2D eigenvalue weighted by atomic mass is 16.6. The zero-order valence-electron chi connectivity index (χ0n) is 13.8. The van der Waals surface area contributed by atoms with Crippen molar-refractivity contribution in [2.75, 3.05) is 11.9 Å². The van der Waals surface area contributed by atoms with Crippen LogP contribution in [0.5, 0.6) is 5.75 Å². The molecule has 6 nitrogen and oxygen atoms in total. The fraction of sp³-hybridized carbons (Fsp3) is 0.588. The minimum atomic E-state index is -1.24. The highest BCUT2D eigenvalue weighted by Gasteiger charge is 2.30. The average molecular weight is 320 g/mol. The summed E-state index contributed by atoms with van der Waals surface area (Å²) in [5.41, 5.74) is 1.40. The van der Waals surface area contributed by atoms with E-state index in [-0.39, 0.29) is 12.5 Å². The number of carbonyl (C=O) groups excluding carboxylic acids is 1. The Morgan fingerprint density at radius 1 is 1.39 bits per heavy atom. The molecule has 126 valence electrons. The van der Waals surface area contributed by atoms with Crippen LogP contribution < -0.4 is 15.4 Å². The van der Waals surface area contributed by atoms with Crippen LogP contribution in [0.1, 0.15) is 45.1 Å². The summed E-state index contributed by atoms with van der Waals surface area (Å²) in [5, 5.41) is 15.5. The van der Waals surface area contributed by atoms with Gasteiger partial charge in [-0.3, -0.25) is 10.1 Å². The third-order valence-corrected chi connectivity index (χ3v) is 3.84. The largest absolute Gasteiger partial charge is 0.489 e. The van der Waals surface area contributed by atoms with E-state index in [0.717, 1.165) is 0 Å². The molecule has 3 rings (SSSR count). The first-order valence-corrected chi connectivity index (χ1v) is 8.01. The third kappa shape index (κ3) is 4.22. The van der Waals surface area contributed by atoms with Crippen molar-refractivity contribution < 1.29 is 19.4 Å². The van der Waals surface area contributed by atoms with Crippen molar-refractivity contribution in [2.24, 2.45) is 0 Å². The zero-order valence-corrected chi connectivity index (χ0v) is 13.8. The molecule has 1 saturated carbocycles. The molecule has 1 heterocycles. The molecule has 0 spiro atoms. The highest BCUT2D eigenvalue weighted by Crippen LogP contribution is 2.42. The summed E-state index contributed by atoms with van der Waals surface area (Å²) in [4.78, 5) is 12.3. The number of amides is 1. The quantitative estimate of drug-likeness (QED) is 0.739. The summed E-state index contributed by atoms with van der Waals surface area (Å²) in [5.74, 6) is 1.05. The second-order valence-electron chi connectivity index (χ2n) is 7.13. The molecule has 0 aromatic heterocycles. The molecule has 1 aliphatic heterocycles. The predicted molar refractivity (Wildman–Crippen MR) is 86.3 cm³/mol. The van der Waals surface area contributed by atoms with Crippen LogP contribution in [0.25, 0.3) is 0 Å². The molecule has 1 fully saturated rings. The summed E-state index contributed by atoms with van der Waals surface area (Å²) in [6.07, 6.45) is 1.19. The van der Waals surface area contributed by atoms with Gasteiger partial charge < -0.3 is 19.9 Å². The number of ether oxygens (including phenoxy) is 2. The van der Waals surface area contributed by atoms with Gasteiger partial charge in [-0.1, -0.05) is 6.07 Å². The van der Waals surface area contributed by atoms with E-state index in [0.29, 0.717) is 17.4 Å². The summed E-state index contributed by atoms with van der Waals surface area (Å²) in [6, 6.07) is 5.22. The lowest BCUT2D eigenvalue weighted by atomic mass is 10.1. The third-order valence-electron chi connectivity index (χ3n) is 3.84. The topological polar surface area (TPSA) is 79.8 Å². The fourth-order valence-corrected chi connectivity index (χ4v) is 2.57.